The second kappa shape index (κ2) is 6.34. The quantitative estimate of drug-likeness (QED) is 0.655. The lowest BCUT2D eigenvalue weighted by Crippen LogP contribution is -2.15. The van der Waals surface area contributed by atoms with Crippen molar-refractivity contribution in [3.63, 3.8) is 0 Å². The summed E-state index contributed by atoms with van der Waals surface area (Å²) in [6.45, 7) is 1.24. The van der Waals surface area contributed by atoms with Crippen molar-refractivity contribution in [3.05, 3.63) is 38.8 Å². The molecular weight excluding hydrogens is 368 g/mol. The smallest absolute Gasteiger partial charge is 0.308 e. The van der Waals surface area contributed by atoms with Gasteiger partial charge in [-0.3, -0.25) is 14.9 Å². The Morgan fingerprint density at radius 1 is 1.45 bits per heavy atom. The average Bonchev–Trinajstić information content (AvgIpc) is 2.76. The molecule has 0 saturated heterocycles. The van der Waals surface area contributed by atoms with Crippen molar-refractivity contribution >= 4 is 55.9 Å². The highest BCUT2D eigenvalue weighted by atomic mass is 79.9. The number of carbonyl (C=O) groups excluding carboxylic acids is 2. The molecule has 1 amide bonds. The van der Waals surface area contributed by atoms with Gasteiger partial charge in [-0.15, -0.1) is 0 Å². The third-order valence-corrected chi connectivity index (χ3v) is 3.84. The van der Waals surface area contributed by atoms with Crippen LogP contribution >= 0.6 is 38.9 Å². The summed E-state index contributed by atoms with van der Waals surface area (Å²) in [5, 5.41) is 3.22. The highest BCUT2D eigenvalue weighted by Crippen LogP contribution is 2.30. The predicted molar refractivity (Wildman–Crippen MR) is 80.5 cm³/mol. The lowest BCUT2D eigenvalue weighted by atomic mass is 10.2. The highest BCUT2D eigenvalue weighted by Gasteiger charge is 2.18. The third kappa shape index (κ3) is 3.56. The van der Waals surface area contributed by atoms with Crippen molar-refractivity contribution in [2.45, 2.75) is 6.92 Å². The number of carbonyl (C=O) groups is 2. The second-order valence-electron chi connectivity index (χ2n) is 3.63. The van der Waals surface area contributed by atoms with Crippen molar-refractivity contribution in [2.24, 2.45) is 0 Å². The topological polar surface area (TPSA) is 68.3 Å². The Labute approximate surface area is 132 Å². The molecule has 0 aliphatic carbocycles. The molecule has 2 aromatic rings. The molecule has 2 rings (SSSR count). The van der Waals surface area contributed by atoms with Gasteiger partial charge in [-0.05, 0) is 28.1 Å². The number of ether oxygens (including phenoxy) is 1. The molecule has 0 bridgehead atoms. The van der Waals surface area contributed by atoms with Crippen molar-refractivity contribution in [3.8, 4) is 5.75 Å². The average molecular weight is 376 g/mol. The molecule has 0 aliphatic rings. The highest BCUT2D eigenvalue weighted by molar-refractivity contribution is 9.11. The number of esters is 1. The van der Waals surface area contributed by atoms with Crippen LogP contribution in [0.1, 0.15) is 17.3 Å². The van der Waals surface area contributed by atoms with E-state index in [4.69, 9.17) is 16.3 Å². The molecule has 1 aromatic heterocycles. The molecule has 104 valence electrons. The summed E-state index contributed by atoms with van der Waals surface area (Å²) in [6, 6.07) is 4.65. The first kappa shape index (κ1) is 15.0. The van der Waals surface area contributed by atoms with E-state index in [1.54, 1.807) is 12.3 Å². The Bertz CT molecular complexity index is 674. The number of nitrogens with one attached hydrogen (secondary N) is 1. The van der Waals surface area contributed by atoms with Crippen LogP contribution in [-0.2, 0) is 4.79 Å². The Kier molecular flexibility index (Phi) is 4.74. The molecule has 0 spiro atoms. The predicted octanol–water partition coefficient (Wildman–Crippen LogP) is 3.74. The molecule has 0 aliphatic heterocycles. The maximum absolute atomic E-state index is 12.2. The van der Waals surface area contributed by atoms with Crippen LogP contribution in [0.15, 0.2) is 28.2 Å². The van der Waals surface area contributed by atoms with Gasteiger partial charge in [0.1, 0.15) is 0 Å². The number of amides is 1. The zero-order chi connectivity index (χ0) is 14.7. The second-order valence-corrected chi connectivity index (χ2v) is 6.45. The summed E-state index contributed by atoms with van der Waals surface area (Å²) in [4.78, 5) is 27.2. The normalized spacial score (nSPS) is 10.2. The van der Waals surface area contributed by atoms with Gasteiger partial charge in [0.25, 0.3) is 5.91 Å². The van der Waals surface area contributed by atoms with E-state index < -0.39 is 11.9 Å². The van der Waals surface area contributed by atoms with E-state index >= 15 is 0 Å². The van der Waals surface area contributed by atoms with E-state index in [0.29, 0.717) is 5.13 Å². The number of benzene rings is 1. The summed E-state index contributed by atoms with van der Waals surface area (Å²) in [7, 11) is 0. The molecule has 5 nitrogen and oxygen atoms in total. The Balaban J connectivity index is 2.29. The summed E-state index contributed by atoms with van der Waals surface area (Å²) >= 11 is 10.5. The first-order valence-corrected chi connectivity index (χ1v) is 7.35. The number of hydrogen-bond acceptors (Lipinski definition) is 5. The summed E-state index contributed by atoms with van der Waals surface area (Å²) < 4.78 is 5.77. The number of hydrogen-bond donors (Lipinski definition) is 1. The fraction of sp³-hybridized carbons (Fsp3) is 0.0833. The molecule has 1 aromatic carbocycles. The van der Waals surface area contributed by atoms with Gasteiger partial charge in [-0.1, -0.05) is 29.0 Å². The Hall–Kier alpha value is -1.44. The SMILES string of the molecule is CC(=O)Oc1c(Cl)cccc1C(=O)Nc1ncc(Br)s1. The van der Waals surface area contributed by atoms with Crippen LogP contribution in [0.4, 0.5) is 5.13 Å². The number of halogens is 2. The van der Waals surface area contributed by atoms with Crippen molar-refractivity contribution in [2.75, 3.05) is 5.32 Å². The largest absolute Gasteiger partial charge is 0.424 e. The molecule has 1 heterocycles. The van der Waals surface area contributed by atoms with E-state index in [1.165, 1.54) is 30.4 Å². The maximum atomic E-state index is 12.2. The van der Waals surface area contributed by atoms with E-state index in [0.717, 1.165) is 3.79 Å². The fourth-order valence-electron chi connectivity index (χ4n) is 1.41. The summed E-state index contributed by atoms with van der Waals surface area (Å²) in [6.07, 6.45) is 1.57. The Morgan fingerprint density at radius 3 is 2.80 bits per heavy atom. The minimum absolute atomic E-state index is 0.0368. The lowest BCUT2D eigenvalue weighted by Gasteiger charge is -2.09. The first-order chi connectivity index (χ1) is 9.47. The van der Waals surface area contributed by atoms with E-state index in [-0.39, 0.29) is 16.3 Å². The maximum Gasteiger partial charge on any atom is 0.308 e. The zero-order valence-electron chi connectivity index (χ0n) is 10.1. The van der Waals surface area contributed by atoms with E-state index in [9.17, 15) is 9.59 Å². The van der Waals surface area contributed by atoms with Crippen LogP contribution in [0.3, 0.4) is 0 Å². The molecule has 20 heavy (non-hydrogen) atoms. The lowest BCUT2D eigenvalue weighted by molar-refractivity contribution is -0.131. The number of aromatic nitrogens is 1. The number of para-hydroxylation sites is 1. The van der Waals surface area contributed by atoms with Gasteiger partial charge in [-0.2, -0.15) is 0 Å². The molecule has 0 unspecified atom stereocenters. The molecule has 8 heteroatoms. The fourth-order valence-corrected chi connectivity index (χ4v) is 2.73. The molecule has 0 fully saturated rings. The minimum Gasteiger partial charge on any atom is -0.424 e. The van der Waals surface area contributed by atoms with Crippen LogP contribution in [-0.4, -0.2) is 16.9 Å². The minimum atomic E-state index is -0.552. The number of nitrogens with zero attached hydrogens (tertiary/aromatic N) is 1. The van der Waals surface area contributed by atoms with Crippen molar-refractivity contribution < 1.29 is 14.3 Å². The van der Waals surface area contributed by atoms with E-state index in [2.05, 4.69) is 26.2 Å². The first-order valence-electron chi connectivity index (χ1n) is 5.37. The molecule has 0 saturated carbocycles. The number of rotatable bonds is 3. The summed E-state index contributed by atoms with van der Waals surface area (Å²) in [5.41, 5.74) is 0.166. The van der Waals surface area contributed by atoms with Crippen molar-refractivity contribution in [1.29, 1.82) is 0 Å². The van der Waals surface area contributed by atoms with Crippen molar-refractivity contribution in [1.82, 2.24) is 4.98 Å². The van der Waals surface area contributed by atoms with E-state index in [1.807, 2.05) is 0 Å². The standard InChI is InChI=1S/C12H8BrClN2O3S/c1-6(17)19-10-7(3-2-4-8(10)14)11(18)16-12-15-5-9(13)20-12/h2-5H,1H3,(H,15,16,18). The van der Waals surface area contributed by atoms with Crippen LogP contribution in [0.2, 0.25) is 5.02 Å². The molecule has 0 radical (unpaired) electrons. The van der Waals surface area contributed by atoms with Crippen LogP contribution < -0.4 is 10.1 Å². The molecular formula is C12H8BrClN2O3S. The van der Waals surface area contributed by atoms with Crippen LogP contribution in [0.25, 0.3) is 0 Å². The van der Waals surface area contributed by atoms with Crippen LogP contribution in [0.5, 0.6) is 5.75 Å². The zero-order valence-corrected chi connectivity index (χ0v) is 13.3. The van der Waals surface area contributed by atoms with Crippen LogP contribution in [0, 0.1) is 0 Å². The summed E-state index contributed by atoms with van der Waals surface area (Å²) in [5.74, 6) is -0.968. The monoisotopic (exact) mass is 374 g/mol. The third-order valence-electron chi connectivity index (χ3n) is 2.16. The number of thiazole rings is 1. The Morgan fingerprint density at radius 2 is 2.20 bits per heavy atom. The number of anilines is 1. The van der Waals surface area contributed by atoms with Gasteiger partial charge in [0.15, 0.2) is 10.9 Å². The van der Waals surface area contributed by atoms with Gasteiger partial charge in [0, 0.05) is 6.92 Å². The van der Waals surface area contributed by atoms with Gasteiger partial charge in [0.05, 0.1) is 20.6 Å². The molecule has 0 atom stereocenters. The van der Waals surface area contributed by atoms with Gasteiger partial charge >= 0.3 is 5.97 Å². The van der Waals surface area contributed by atoms with Gasteiger partial charge < -0.3 is 4.74 Å². The van der Waals surface area contributed by atoms with Gasteiger partial charge in [-0.25, -0.2) is 4.98 Å². The molecule has 1 N–H and O–H groups in total. The van der Waals surface area contributed by atoms with Gasteiger partial charge in [0.2, 0.25) is 0 Å².